The molecule has 0 aromatic heterocycles. The molecule has 1 aliphatic heterocycles. The summed E-state index contributed by atoms with van der Waals surface area (Å²) in [6, 6.07) is 0. The molecule has 0 radical (unpaired) electrons. The molecular formula is C12H22O8. The number of aliphatic hydroxyl groups excluding tert-OH is 4. The van der Waals surface area contributed by atoms with Crippen LogP contribution in [-0.4, -0.2) is 80.3 Å². The van der Waals surface area contributed by atoms with Gasteiger partial charge in [0.2, 0.25) is 0 Å². The zero-order valence-electron chi connectivity index (χ0n) is 11.6. The number of carbonyl (C=O) groups is 1. The van der Waals surface area contributed by atoms with Crippen LogP contribution in [0.1, 0.15) is 20.8 Å². The van der Waals surface area contributed by atoms with Crippen LogP contribution in [0.2, 0.25) is 0 Å². The van der Waals surface area contributed by atoms with E-state index in [1.165, 1.54) is 20.8 Å². The Labute approximate surface area is 116 Å². The molecule has 5 N–H and O–H groups in total. The minimum Gasteiger partial charge on any atom is -0.394 e. The third-order valence-corrected chi connectivity index (χ3v) is 3.69. The number of ketones is 1. The molecule has 0 spiro atoms. The molecule has 0 aromatic rings. The Balaban J connectivity index is 2.78. The van der Waals surface area contributed by atoms with Crippen molar-refractivity contribution in [2.24, 2.45) is 0 Å². The number of Topliss-reactive ketones (excluding diaryl/α,β-unsaturated/α-hetero) is 1. The fraction of sp³-hybridized carbons (Fsp3) is 0.917. The Hall–Kier alpha value is -0.610. The van der Waals surface area contributed by atoms with E-state index in [2.05, 4.69) is 0 Å². The van der Waals surface area contributed by atoms with Gasteiger partial charge in [0.15, 0.2) is 12.1 Å². The fourth-order valence-corrected chi connectivity index (χ4v) is 1.80. The van der Waals surface area contributed by atoms with Crippen LogP contribution in [0.25, 0.3) is 0 Å². The molecule has 0 bridgehead atoms. The highest BCUT2D eigenvalue weighted by molar-refractivity contribution is 5.84. The van der Waals surface area contributed by atoms with E-state index in [0.29, 0.717) is 0 Å². The molecule has 0 saturated carbocycles. The van der Waals surface area contributed by atoms with E-state index in [4.69, 9.17) is 14.6 Å². The van der Waals surface area contributed by atoms with Gasteiger partial charge in [0.05, 0.1) is 12.7 Å². The summed E-state index contributed by atoms with van der Waals surface area (Å²) in [5.74, 6) is -0.533. The van der Waals surface area contributed by atoms with Crippen molar-refractivity contribution in [3.8, 4) is 0 Å². The second kappa shape index (κ2) is 6.44. The summed E-state index contributed by atoms with van der Waals surface area (Å²) < 4.78 is 10.4. The lowest BCUT2D eigenvalue weighted by atomic mass is 9.95. The summed E-state index contributed by atoms with van der Waals surface area (Å²) in [5, 5.41) is 47.9. The Morgan fingerprint density at radius 1 is 1.30 bits per heavy atom. The van der Waals surface area contributed by atoms with Gasteiger partial charge in [-0.25, -0.2) is 0 Å². The van der Waals surface area contributed by atoms with E-state index in [9.17, 15) is 25.2 Å². The molecule has 0 aromatic carbocycles. The lowest BCUT2D eigenvalue weighted by molar-refractivity contribution is -0.318. The third-order valence-electron chi connectivity index (χ3n) is 3.69. The van der Waals surface area contributed by atoms with Gasteiger partial charge in [0, 0.05) is 0 Å². The van der Waals surface area contributed by atoms with E-state index in [1.54, 1.807) is 0 Å². The molecule has 0 aliphatic carbocycles. The molecule has 1 rings (SSSR count). The monoisotopic (exact) mass is 294 g/mol. The first-order valence-electron chi connectivity index (χ1n) is 6.32. The number of ether oxygens (including phenoxy) is 2. The maximum atomic E-state index is 11.3. The van der Waals surface area contributed by atoms with Crippen LogP contribution in [0.5, 0.6) is 0 Å². The lowest BCUT2D eigenvalue weighted by Gasteiger charge is -2.41. The molecule has 0 amide bonds. The highest BCUT2D eigenvalue weighted by Gasteiger charge is 2.46. The molecular weight excluding hydrogens is 272 g/mol. The van der Waals surface area contributed by atoms with Gasteiger partial charge in [-0.15, -0.1) is 0 Å². The third kappa shape index (κ3) is 3.34. The second-order valence-corrected chi connectivity index (χ2v) is 5.18. The summed E-state index contributed by atoms with van der Waals surface area (Å²) in [7, 11) is 0. The zero-order valence-corrected chi connectivity index (χ0v) is 11.6. The molecule has 1 heterocycles. The van der Waals surface area contributed by atoms with Crippen LogP contribution in [0.4, 0.5) is 0 Å². The molecule has 1 aliphatic rings. The largest absolute Gasteiger partial charge is 0.394 e. The van der Waals surface area contributed by atoms with Crippen molar-refractivity contribution >= 4 is 5.78 Å². The molecule has 2 unspecified atom stereocenters. The Bertz CT molecular complexity index is 342. The first kappa shape index (κ1) is 17.4. The zero-order chi connectivity index (χ0) is 15.7. The number of aliphatic hydroxyl groups is 5. The van der Waals surface area contributed by atoms with Crippen LogP contribution in [0.15, 0.2) is 0 Å². The minimum atomic E-state index is -1.79. The predicted octanol–water partition coefficient (Wildman–Crippen LogP) is -2.47. The summed E-state index contributed by atoms with van der Waals surface area (Å²) in [4.78, 5) is 11.3. The van der Waals surface area contributed by atoms with E-state index in [0.717, 1.165) is 0 Å². The Morgan fingerprint density at radius 3 is 2.30 bits per heavy atom. The topological polar surface area (TPSA) is 137 Å². The standard InChI is InChI=1S/C12H22O8/c1-5(14)12(3,18)6(2)19-11-10(17)9(16)8(15)7(4-13)20-11/h6-11,13,15-18H,4H2,1-3H3/t6?,7-,8-,9+,10-,11-,12?/m1/s1. The van der Waals surface area contributed by atoms with Gasteiger partial charge in [-0.1, -0.05) is 0 Å². The molecule has 1 saturated heterocycles. The summed E-state index contributed by atoms with van der Waals surface area (Å²) in [6.45, 7) is 3.27. The first-order chi connectivity index (χ1) is 9.12. The van der Waals surface area contributed by atoms with Gasteiger partial charge in [0.1, 0.15) is 30.0 Å². The van der Waals surface area contributed by atoms with E-state index in [-0.39, 0.29) is 0 Å². The molecule has 8 nitrogen and oxygen atoms in total. The molecule has 20 heavy (non-hydrogen) atoms. The molecule has 7 atom stereocenters. The average molecular weight is 294 g/mol. The van der Waals surface area contributed by atoms with Crippen LogP contribution >= 0.6 is 0 Å². The van der Waals surface area contributed by atoms with Crippen LogP contribution in [0, 0.1) is 0 Å². The van der Waals surface area contributed by atoms with Crippen molar-refractivity contribution < 1.29 is 39.8 Å². The van der Waals surface area contributed by atoms with Crippen molar-refractivity contribution in [2.75, 3.05) is 6.61 Å². The highest BCUT2D eigenvalue weighted by Crippen LogP contribution is 2.25. The van der Waals surface area contributed by atoms with Gasteiger partial charge < -0.3 is 35.0 Å². The van der Waals surface area contributed by atoms with Gasteiger partial charge >= 0.3 is 0 Å². The number of hydrogen-bond donors (Lipinski definition) is 5. The maximum absolute atomic E-state index is 11.3. The van der Waals surface area contributed by atoms with E-state index in [1.807, 2.05) is 0 Å². The van der Waals surface area contributed by atoms with Crippen molar-refractivity contribution in [1.82, 2.24) is 0 Å². The smallest absolute Gasteiger partial charge is 0.187 e. The molecule has 118 valence electrons. The summed E-state index contributed by atoms with van der Waals surface area (Å²) in [5.41, 5.74) is -1.79. The first-order valence-corrected chi connectivity index (χ1v) is 6.32. The quantitative estimate of drug-likeness (QED) is 0.376. The summed E-state index contributed by atoms with van der Waals surface area (Å²) >= 11 is 0. The SMILES string of the molecule is CC(=O)C(C)(O)C(C)O[C@@H]1O[C@H](CO)[C@@H](O)[C@H](O)[C@H]1O. The van der Waals surface area contributed by atoms with Crippen LogP contribution in [0.3, 0.4) is 0 Å². The van der Waals surface area contributed by atoms with Gasteiger partial charge in [0.25, 0.3) is 0 Å². The number of rotatable bonds is 5. The van der Waals surface area contributed by atoms with Crippen molar-refractivity contribution in [3.05, 3.63) is 0 Å². The Morgan fingerprint density at radius 2 is 1.85 bits per heavy atom. The highest BCUT2D eigenvalue weighted by atomic mass is 16.7. The van der Waals surface area contributed by atoms with E-state index >= 15 is 0 Å². The van der Waals surface area contributed by atoms with E-state index < -0.39 is 54.8 Å². The van der Waals surface area contributed by atoms with Crippen molar-refractivity contribution in [1.29, 1.82) is 0 Å². The van der Waals surface area contributed by atoms with Crippen LogP contribution in [-0.2, 0) is 14.3 Å². The maximum Gasteiger partial charge on any atom is 0.187 e. The molecule has 8 heteroatoms. The minimum absolute atomic E-state index is 0.533. The van der Waals surface area contributed by atoms with Crippen LogP contribution < -0.4 is 0 Å². The number of carbonyl (C=O) groups excluding carboxylic acids is 1. The molecule has 1 fully saturated rings. The fourth-order valence-electron chi connectivity index (χ4n) is 1.80. The lowest BCUT2D eigenvalue weighted by Crippen LogP contribution is -2.61. The van der Waals surface area contributed by atoms with Gasteiger partial charge in [-0.3, -0.25) is 4.79 Å². The van der Waals surface area contributed by atoms with Gasteiger partial charge in [-0.05, 0) is 20.8 Å². The van der Waals surface area contributed by atoms with Crippen molar-refractivity contribution in [3.63, 3.8) is 0 Å². The van der Waals surface area contributed by atoms with Gasteiger partial charge in [-0.2, -0.15) is 0 Å². The summed E-state index contributed by atoms with van der Waals surface area (Å²) in [6.07, 6.45) is -8.14. The van der Waals surface area contributed by atoms with Crippen molar-refractivity contribution in [2.45, 2.75) is 63.2 Å². The Kier molecular flexibility index (Phi) is 5.61. The number of hydrogen-bond acceptors (Lipinski definition) is 8. The normalized spacial score (nSPS) is 39.1. The predicted molar refractivity (Wildman–Crippen MR) is 65.6 cm³/mol. The second-order valence-electron chi connectivity index (χ2n) is 5.18. The average Bonchev–Trinajstić information content (AvgIpc) is 2.38.